The van der Waals surface area contributed by atoms with Crippen LogP contribution in [0.1, 0.15) is 21.5 Å². The van der Waals surface area contributed by atoms with Gasteiger partial charge in [0.2, 0.25) is 0 Å². The van der Waals surface area contributed by atoms with Gasteiger partial charge in [-0.3, -0.25) is 4.79 Å². The van der Waals surface area contributed by atoms with Crippen molar-refractivity contribution in [1.82, 2.24) is 5.32 Å². The third-order valence-electron chi connectivity index (χ3n) is 4.06. The largest absolute Gasteiger partial charge is 0.497 e. The topological polar surface area (TPSA) is 64.6 Å². The minimum Gasteiger partial charge on any atom is -0.497 e. The maximum atomic E-state index is 12.2. The number of esters is 1. The van der Waals surface area contributed by atoms with Crippen LogP contribution in [0.3, 0.4) is 0 Å². The van der Waals surface area contributed by atoms with E-state index < -0.39 is 12.1 Å². The molecule has 0 aliphatic carbocycles. The molecule has 3 rings (SSSR count). The van der Waals surface area contributed by atoms with Crippen molar-refractivity contribution >= 4 is 11.9 Å². The van der Waals surface area contributed by atoms with E-state index >= 15 is 0 Å². The Hall–Kier alpha value is -2.82. The fourth-order valence-corrected chi connectivity index (χ4v) is 2.71. The van der Waals surface area contributed by atoms with E-state index in [-0.39, 0.29) is 5.91 Å². The van der Waals surface area contributed by atoms with Crippen LogP contribution in [0.4, 0.5) is 0 Å². The molecule has 0 saturated carbocycles. The molecule has 5 heteroatoms. The summed E-state index contributed by atoms with van der Waals surface area (Å²) < 4.78 is 10.4. The summed E-state index contributed by atoms with van der Waals surface area (Å²) in [6, 6.07) is 14.9. The monoisotopic (exact) mass is 325 g/mol. The van der Waals surface area contributed by atoms with Gasteiger partial charge in [0.1, 0.15) is 5.75 Å². The SMILES string of the molecule is COc1ccc(CCNC(=O)[C@@H]2Cc3ccccc3C(=O)O2)cc1. The molecule has 1 aliphatic rings. The molecular weight excluding hydrogens is 306 g/mol. The first-order valence-corrected chi connectivity index (χ1v) is 7.87. The van der Waals surface area contributed by atoms with E-state index in [9.17, 15) is 9.59 Å². The molecule has 0 fully saturated rings. The van der Waals surface area contributed by atoms with Gasteiger partial charge in [0.25, 0.3) is 5.91 Å². The van der Waals surface area contributed by atoms with Crippen LogP contribution in [-0.2, 0) is 22.4 Å². The minimum atomic E-state index is -0.761. The molecule has 2 aromatic carbocycles. The highest BCUT2D eigenvalue weighted by Gasteiger charge is 2.30. The molecule has 5 nitrogen and oxygen atoms in total. The summed E-state index contributed by atoms with van der Waals surface area (Å²) in [6.07, 6.45) is 0.353. The first-order valence-electron chi connectivity index (χ1n) is 7.87. The Labute approximate surface area is 140 Å². The van der Waals surface area contributed by atoms with Crippen LogP contribution >= 0.6 is 0 Å². The second-order valence-electron chi connectivity index (χ2n) is 5.64. The lowest BCUT2D eigenvalue weighted by molar-refractivity contribution is -0.130. The molecular formula is C19H19NO4. The maximum absolute atomic E-state index is 12.2. The number of methoxy groups -OCH3 is 1. The van der Waals surface area contributed by atoms with Crippen LogP contribution in [0, 0.1) is 0 Å². The third-order valence-corrected chi connectivity index (χ3v) is 4.06. The summed E-state index contributed by atoms with van der Waals surface area (Å²) in [5, 5.41) is 2.83. The lowest BCUT2D eigenvalue weighted by atomic mass is 9.98. The normalized spacial score (nSPS) is 16.0. The van der Waals surface area contributed by atoms with E-state index in [0.717, 1.165) is 16.9 Å². The first-order chi connectivity index (χ1) is 11.7. The second-order valence-corrected chi connectivity index (χ2v) is 5.64. The number of ether oxygens (including phenoxy) is 2. The average molecular weight is 325 g/mol. The fraction of sp³-hybridized carbons (Fsp3) is 0.263. The van der Waals surface area contributed by atoms with Crippen LogP contribution in [0.15, 0.2) is 48.5 Å². The highest BCUT2D eigenvalue weighted by molar-refractivity contribution is 5.95. The Kier molecular flexibility index (Phi) is 4.79. The van der Waals surface area contributed by atoms with Gasteiger partial charge in [-0.15, -0.1) is 0 Å². The molecule has 0 spiro atoms. The number of benzene rings is 2. The zero-order valence-corrected chi connectivity index (χ0v) is 13.5. The summed E-state index contributed by atoms with van der Waals surface area (Å²) in [5.41, 5.74) is 2.49. The second kappa shape index (κ2) is 7.17. The van der Waals surface area contributed by atoms with Crippen molar-refractivity contribution in [2.24, 2.45) is 0 Å². The Balaban J connectivity index is 1.53. The quantitative estimate of drug-likeness (QED) is 0.856. The van der Waals surface area contributed by atoms with Gasteiger partial charge >= 0.3 is 5.97 Å². The molecule has 1 N–H and O–H groups in total. The highest BCUT2D eigenvalue weighted by Crippen LogP contribution is 2.20. The minimum absolute atomic E-state index is 0.258. The predicted molar refractivity (Wildman–Crippen MR) is 89.1 cm³/mol. The van der Waals surface area contributed by atoms with Crippen LogP contribution in [0.2, 0.25) is 0 Å². The van der Waals surface area contributed by atoms with Crippen LogP contribution in [0.25, 0.3) is 0 Å². The standard InChI is InChI=1S/C19H19NO4/c1-23-15-8-6-13(7-9-15)10-11-20-18(21)17-12-14-4-2-3-5-16(14)19(22)24-17/h2-9,17H,10-12H2,1H3,(H,20,21)/t17-/m0/s1. The summed E-state index contributed by atoms with van der Waals surface area (Å²) in [7, 11) is 1.62. The van der Waals surface area contributed by atoms with Crippen LogP contribution in [0.5, 0.6) is 5.75 Å². The van der Waals surface area contributed by atoms with Crippen molar-refractivity contribution in [3.63, 3.8) is 0 Å². The van der Waals surface area contributed by atoms with Gasteiger partial charge in [-0.25, -0.2) is 4.79 Å². The lowest BCUT2D eigenvalue weighted by Gasteiger charge is -2.23. The molecule has 0 bridgehead atoms. The number of carbonyl (C=O) groups is 2. The molecule has 0 saturated heterocycles. The lowest BCUT2D eigenvalue weighted by Crippen LogP contribution is -2.42. The molecule has 24 heavy (non-hydrogen) atoms. The number of hydrogen-bond donors (Lipinski definition) is 1. The number of rotatable bonds is 5. The van der Waals surface area contributed by atoms with E-state index in [2.05, 4.69) is 5.32 Å². The van der Waals surface area contributed by atoms with E-state index in [0.29, 0.717) is 24.9 Å². The Morgan fingerprint density at radius 1 is 1.21 bits per heavy atom. The van der Waals surface area contributed by atoms with E-state index in [1.165, 1.54) is 0 Å². The zero-order valence-electron chi connectivity index (χ0n) is 13.5. The van der Waals surface area contributed by atoms with Crippen LogP contribution in [-0.4, -0.2) is 31.6 Å². The van der Waals surface area contributed by atoms with Crippen LogP contribution < -0.4 is 10.1 Å². The van der Waals surface area contributed by atoms with E-state index in [1.54, 1.807) is 19.2 Å². The zero-order chi connectivity index (χ0) is 16.9. The Morgan fingerprint density at radius 3 is 2.71 bits per heavy atom. The number of hydrogen-bond acceptors (Lipinski definition) is 4. The third kappa shape index (κ3) is 3.56. The molecule has 1 atom stereocenters. The summed E-state index contributed by atoms with van der Waals surface area (Å²) in [5.74, 6) is 0.106. The molecule has 1 aliphatic heterocycles. The van der Waals surface area contributed by atoms with Gasteiger partial charge in [-0.05, 0) is 35.7 Å². The molecule has 124 valence electrons. The van der Waals surface area contributed by atoms with E-state index in [4.69, 9.17) is 9.47 Å². The first kappa shape index (κ1) is 16.1. The predicted octanol–water partition coefficient (Wildman–Crippen LogP) is 2.14. The fourth-order valence-electron chi connectivity index (χ4n) is 2.71. The van der Waals surface area contributed by atoms with Gasteiger partial charge in [0.15, 0.2) is 6.10 Å². The number of amides is 1. The van der Waals surface area contributed by atoms with Crippen molar-refractivity contribution in [3.8, 4) is 5.75 Å². The summed E-state index contributed by atoms with van der Waals surface area (Å²) in [4.78, 5) is 24.2. The molecule has 0 unspecified atom stereocenters. The highest BCUT2D eigenvalue weighted by atomic mass is 16.5. The van der Waals surface area contributed by atoms with E-state index in [1.807, 2.05) is 36.4 Å². The number of carbonyl (C=O) groups excluding carboxylic acids is 2. The van der Waals surface area contributed by atoms with Crippen molar-refractivity contribution in [2.45, 2.75) is 18.9 Å². The van der Waals surface area contributed by atoms with Crippen molar-refractivity contribution < 1.29 is 19.1 Å². The number of cyclic esters (lactones) is 1. The van der Waals surface area contributed by atoms with Gasteiger partial charge < -0.3 is 14.8 Å². The number of fused-ring (bicyclic) bond motifs is 1. The smallest absolute Gasteiger partial charge is 0.339 e. The average Bonchev–Trinajstić information content (AvgIpc) is 2.62. The van der Waals surface area contributed by atoms with Gasteiger partial charge in [0.05, 0.1) is 12.7 Å². The van der Waals surface area contributed by atoms with Crippen molar-refractivity contribution in [1.29, 1.82) is 0 Å². The Morgan fingerprint density at radius 2 is 1.96 bits per heavy atom. The maximum Gasteiger partial charge on any atom is 0.339 e. The van der Waals surface area contributed by atoms with Crippen molar-refractivity contribution in [3.05, 3.63) is 65.2 Å². The molecule has 0 aromatic heterocycles. The summed E-state index contributed by atoms with van der Waals surface area (Å²) in [6.45, 7) is 0.487. The Bertz CT molecular complexity index is 739. The molecule has 0 radical (unpaired) electrons. The molecule has 1 heterocycles. The molecule has 1 amide bonds. The van der Waals surface area contributed by atoms with Gasteiger partial charge in [-0.2, -0.15) is 0 Å². The van der Waals surface area contributed by atoms with Gasteiger partial charge in [-0.1, -0.05) is 30.3 Å². The molecule has 2 aromatic rings. The number of nitrogens with one attached hydrogen (secondary N) is 1. The summed E-state index contributed by atoms with van der Waals surface area (Å²) >= 11 is 0. The van der Waals surface area contributed by atoms with Crippen molar-refractivity contribution in [2.75, 3.05) is 13.7 Å². The van der Waals surface area contributed by atoms with Gasteiger partial charge in [0, 0.05) is 13.0 Å².